The molecule has 0 rings (SSSR count). The van der Waals surface area contributed by atoms with Crippen LogP contribution in [-0.4, -0.2) is 59.2 Å². The molecule has 0 radical (unpaired) electrons. The van der Waals surface area contributed by atoms with Gasteiger partial charge in [-0.15, -0.1) is 0 Å². The van der Waals surface area contributed by atoms with Gasteiger partial charge >= 0.3 is 0 Å². The highest BCUT2D eigenvalue weighted by Gasteiger charge is 2.05. The maximum absolute atomic E-state index is 10.9. The summed E-state index contributed by atoms with van der Waals surface area (Å²) >= 11 is 0. The number of hydrogen-bond acceptors (Lipinski definition) is 4. The van der Waals surface area contributed by atoms with Crippen molar-refractivity contribution in [3.8, 4) is 0 Å². The van der Waals surface area contributed by atoms with Crippen molar-refractivity contribution in [1.82, 2.24) is 10.6 Å². The van der Waals surface area contributed by atoms with Crippen LogP contribution in [0.1, 0.15) is 39.5 Å². The second kappa shape index (κ2) is 11.8. The smallest absolute Gasteiger partial charge is 0.191 e. The Balaban J connectivity index is 3.71. The number of sulfone groups is 1. The van der Waals surface area contributed by atoms with Gasteiger partial charge in [0.25, 0.3) is 0 Å². The van der Waals surface area contributed by atoms with Gasteiger partial charge in [0.2, 0.25) is 0 Å². The molecule has 0 fully saturated rings. The molecule has 0 spiro atoms. The Morgan fingerprint density at radius 3 is 2.57 bits per heavy atom. The van der Waals surface area contributed by atoms with Crippen LogP contribution in [0, 0.1) is 0 Å². The first kappa shape index (κ1) is 20.2. The molecular formula is C14H31N3O3S. The maximum Gasteiger partial charge on any atom is 0.191 e. The molecule has 7 heteroatoms. The molecule has 0 aromatic rings. The molecular weight excluding hydrogens is 290 g/mol. The van der Waals surface area contributed by atoms with Crippen molar-refractivity contribution in [3.63, 3.8) is 0 Å². The van der Waals surface area contributed by atoms with E-state index in [1.807, 2.05) is 0 Å². The Hall–Kier alpha value is -0.820. The van der Waals surface area contributed by atoms with Gasteiger partial charge in [-0.05, 0) is 13.3 Å². The first-order valence-electron chi connectivity index (χ1n) is 7.61. The molecule has 0 saturated heterocycles. The minimum absolute atomic E-state index is 0.0639. The van der Waals surface area contributed by atoms with Crippen LogP contribution in [-0.2, 0) is 14.6 Å². The molecule has 0 aliphatic carbocycles. The number of nitrogens with zero attached hydrogens (tertiary/aromatic N) is 1. The van der Waals surface area contributed by atoms with Gasteiger partial charge in [0.05, 0.1) is 19.0 Å². The van der Waals surface area contributed by atoms with Gasteiger partial charge < -0.3 is 15.4 Å². The molecule has 0 aliphatic heterocycles. The Kier molecular flexibility index (Phi) is 11.3. The lowest BCUT2D eigenvalue weighted by Crippen LogP contribution is -2.43. The van der Waals surface area contributed by atoms with E-state index in [0.29, 0.717) is 19.2 Å². The van der Waals surface area contributed by atoms with Gasteiger partial charge in [-0.25, -0.2) is 8.42 Å². The predicted octanol–water partition coefficient (Wildman–Crippen LogP) is 1.18. The number of hydrogen-bond donors (Lipinski definition) is 2. The number of nitrogens with one attached hydrogen (secondary N) is 2. The van der Waals surface area contributed by atoms with E-state index in [-0.39, 0.29) is 12.4 Å². The standard InChI is InChI=1S/C14H31N3O3S/c1-5-6-7-8-13(2)17-14(15-3)16-9-10-20-11-12-21(4,18)19/h13H,5-12H2,1-4H3,(H2,15,16,17). The highest BCUT2D eigenvalue weighted by molar-refractivity contribution is 7.90. The molecule has 0 aromatic carbocycles. The number of ether oxygens (including phenoxy) is 1. The quantitative estimate of drug-likeness (QED) is 0.339. The van der Waals surface area contributed by atoms with Crippen LogP contribution in [0.15, 0.2) is 4.99 Å². The molecule has 1 unspecified atom stereocenters. The molecule has 6 nitrogen and oxygen atoms in total. The zero-order valence-electron chi connectivity index (χ0n) is 13.8. The number of aliphatic imine (C=N–C) groups is 1. The summed E-state index contributed by atoms with van der Waals surface area (Å²) in [6.45, 7) is 5.64. The normalized spacial score (nSPS) is 14.0. The molecule has 2 N–H and O–H groups in total. The summed E-state index contributed by atoms with van der Waals surface area (Å²) in [6, 6.07) is 0.383. The lowest BCUT2D eigenvalue weighted by atomic mass is 10.1. The summed E-state index contributed by atoms with van der Waals surface area (Å²) in [5, 5.41) is 6.48. The van der Waals surface area contributed by atoms with Crippen molar-refractivity contribution >= 4 is 15.8 Å². The van der Waals surface area contributed by atoms with E-state index in [0.717, 1.165) is 12.4 Å². The SMILES string of the molecule is CCCCCC(C)NC(=NC)NCCOCCS(C)(=O)=O. The molecule has 0 heterocycles. The number of unbranched alkanes of at least 4 members (excludes halogenated alkanes) is 2. The van der Waals surface area contributed by atoms with Crippen molar-refractivity contribution in [2.75, 3.05) is 38.8 Å². The fourth-order valence-electron chi connectivity index (χ4n) is 1.75. The topological polar surface area (TPSA) is 79.8 Å². The number of rotatable bonds is 11. The lowest BCUT2D eigenvalue weighted by Gasteiger charge is -2.17. The van der Waals surface area contributed by atoms with Crippen molar-refractivity contribution in [1.29, 1.82) is 0 Å². The predicted molar refractivity (Wildman–Crippen MR) is 88.6 cm³/mol. The molecule has 21 heavy (non-hydrogen) atoms. The summed E-state index contributed by atoms with van der Waals surface area (Å²) in [6.07, 6.45) is 6.03. The summed E-state index contributed by atoms with van der Waals surface area (Å²) in [5.74, 6) is 0.819. The van der Waals surface area contributed by atoms with Crippen molar-refractivity contribution in [2.24, 2.45) is 4.99 Å². The third-order valence-electron chi connectivity index (χ3n) is 2.98. The van der Waals surface area contributed by atoms with E-state index >= 15 is 0 Å². The minimum atomic E-state index is -2.94. The number of guanidine groups is 1. The van der Waals surface area contributed by atoms with Crippen LogP contribution in [0.5, 0.6) is 0 Å². The van der Waals surface area contributed by atoms with E-state index in [4.69, 9.17) is 4.74 Å². The molecule has 0 amide bonds. The minimum Gasteiger partial charge on any atom is -0.379 e. The van der Waals surface area contributed by atoms with E-state index in [9.17, 15) is 8.42 Å². The van der Waals surface area contributed by atoms with E-state index in [1.54, 1.807) is 7.05 Å². The van der Waals surface area contributed by atoms with E-state index in [1.165, 1.54) is 25.5 Å². The van der Waals surface area contributed by atoms with Crippen LogP contribution in [0.25, 0.3) is 0 Å². The second-order valence-electron chi connectivity index (χ2n) is 5.28. The molecule has 0 aromatic heterocycles. The summed E-state index contributed by atoms with van der Waals surface area (Å²) in [7, 11) is -1.21. The highest BCUT2D eigenvalue weighted by Crippen LogP contribution is 2.02. The largest absolute Gasteiger partial charge is 0.379 e. The maximum atomic E-state index is 10.9. The van der Waals surface area contributed by atoms with Gasteiger partial charge in [0.15, 0.2) is 5.96 Å². The fourth-order valence-corrected chi connectivity index (χ4v) is 2.18. The van der Waals surface area contributed by atoms with Crippen molar-refractivity contribution in [2.45, 2.75) is 45.6 Å². The van der Waals surface area contributed by atoms with Crippen LogP contribution >= 0.6 is 0 Å². The van der Waals surface area contributed by atoms with Crippen molar-refractivity contribution in [3.05, 3.63) is 0 Å². The summed E-state index contributed by atoms with van der Waals surface area (Å²) < 4.78 is 27.1. The zero-order valence-corrected chi connectivity index (χ0v) is 14.6. The van der Waals surface area contributed by atoms with Gasteiger partial charge in [0, 0.05) is 25.9 Å². The molecule has 0 aliphatic rings. The van der Waals surface area contributed by atoms with E-state index < -0.39 is 9.84 Å². The average Bonchev–Trinajstić information content (AvgIpc) is 2.40. The molecule has 0 saturated carbocycles. The van der Waals surface area contributed by atoms with Gasteiger partial charge in [-0.1, -0.05) is 26.2 Å². The third-order valence-corrected chi connectivity index (χ3v) is 3.89. The first-order valence-corrected chi connectivity index (χ1v) is 9.67. The third kappa shape index (κ3) is 13.9. The van der Waals surface area contributed by atoms with Crippen LogP contribution in [0.4, 0.5) is 0 Å². The summed E-state index contributed by atoms with van der Waals surface area (Å²) in [4.78, 5) is 4.16. The van der Waals surface area contributed by atoms with E-state index in [2.05, 4.69) is 29.5 Å². The summed E-state index contributed by atoms with van der Waals surface area (Å²) in [5.41, 5.74) is 0. The Labute approximate surface area is 129 Å². The lowest BCUT2D eigenvalue weighted by molar-refractivity contribution is 0.154. The van der Waals surface area contributed by atoms with Gasteiger partial charge in [-0.3, -0.25) is 4.99 Å². The molecule has 1 atom stereocenters. The van der Waals surface area contributed by atoms with Gasteiger partial charge in [0.1, 0.15) is 9.84 Å². The first-order chi connectivity index (χ1) is 9.89. The zero-order chi connectivity index (χ0) is 16.1. The Bertz CT molecular complexity index is 383. The van der Waals surface area contributed by atoms with Crippen LogP contribution in [0.3, 0.4) is 0 Å². The molecule has 0 bridgehead atoms. The monoisotopic (exact) mass is 321 g/mol. The second-order valence-corrected chi connectivity index (χ2v) is 7.54. The molecule has 126 valence electrons. The highest BCUT2D eigenvalue weighted by atomic mass is 32.2. The van der Waals surface area contributed by atoms with Crippen molar-refractivity contribution < 1.29 is 13.2 Å². The van der Waals surface area contributed by atoms with Gasteiger partial charge in [-0.2, -0.15) is 0 Å². The Morgan fingerprint density at radius 1 is 1.29 bits per heavy atom. The Morgan fingerprint density at radius 2 is 2.00 bits per heavy atom. The van der Waals surface area contributed by atoms with Crippen LogP contribution in [0.2, 0.25) is 0 Å². The van der Waals surface area contributed by atoms with Crippen LogP contribution < -0.4 is 10.6 Å². The fraction of sp³-hybridized carbons (Fsp3) is 0.929. The average molecular weight is 321 g/mol.